The van der Waals surface area contributed by atoms with Crippen LogP contribution in [0.1, 0.15) is 149 Å². The second kappa shape index (κ2) is 20.6. The minimum atomic E-state index is -0.577. The highest BCUT2D eigenvalue weighted by molar-refractivity contribution is 7.99. The highest BCUT2D eigenvalue weighted by atomic mass is 35.5. The average Bonchev–Trinajstić information content (AvgIpc) is 2.93. The fraction of sp³-hybridized carbons (Fsp3) is 0.818. The lowest BCUT2D eigenvalue weighted by Gasteiger charge is -2.43. The van der Waals surface area contributed by atoms with Gasteiger partial charge in [0.25, 0.3) is 0 Å². The summed E-state index contributed by atoms with van der Waals surface area (Å²) in [6.45, 7) is 7.23. The molecule has 38 heavy (non-hydrogen) atoms. The molecule has 1 aliphatic rings. The Morgan fingerprint density at radius 2 is 1.11 bits per heavy atom. The van der Waals surface area contributed by atoms with Crippen molar-refractivity contribution in [2.24, 2.45) is 0 Å². The van der Waals surface area contributed by atoms with Crippen molar-refractivity contribution in [3.8, 4) is 0 Å². The SMILES string of the molecule is CCCCCCCCCCCC1(CCCCCCCCCCC)OCC(C)(CSc2ccc(Cl)cc2)OO1. The average molecular weight is 569 g/mol. The largest absolute Gasteiger partial charge is 0.344 e. The monoisotopic (exact) mass is 568 g/mol. The van der Waals surface area contributed by atoms with Crippen LogP contribution in [0, 0.1) is 0 Å². The predicted molar refractivity (Wildman–Crippen MR) is 165 cm³/mol. The molecule has 0 radical (unpaired) electrons. The van der Waals surface area contributed by atoms with E-state index in [9.17, 15) is 0 Å². The van der Waals surface area contributed by atoms with E-state index in [0.717, 1.165) is 36.5 Å². The molecule has 0 bridgehead atoms. The van der Waals surface area contributed by atoms with Crippen LogP contribution in [-0.2, 0) is 14.5 Å². The third-order valence-electron chi connectivity index (χ3n) is 7.72. The lowest BCUT2D eigenvalue weighted by atomic mass is 9.98. The fourth-order valence-corrected chi connectivity index (χ4v) is 6.16. The number of ether oxygens (including phenoxy) is 1. The molecule has 0 aliphatic carbocycles. The Balaban J connectivity index is 1.74. The van der Waals surface area contributed by atoms with Gasteiger partial charge in [-0.2, -0.15) is 0 Å². The maximum Gasteiger partial charge on any atom is 0.201 e. The first-order chi connectivity index (χ1) is 18.5. The summed E-state index contributed by atoms with van der Waals surface area (Å²) in [5.41, 5.74) is -0.454. The van der Waals surface area contributed by atoms with Crippen LogP contribution in [-0.4, -0.2) is 23.7 Å². The van der Waals surface area contributed by atoms with Crippen molar-refractivity contribution in [3.05, 3.63) is 29.3 Å². The van der Waals surface area contributed by atoms with Gasteiger partial charge in [-0.25, -0.2) is 9.78 Å². The molecule has 0 N–H and O–H groups in total. The lowest BCUT2D eigenvalue weighted by molar-refractivity contribution is -0.508. The Kier molecular flexibility index (Phi) is 18.4. The molecule has 3 nitrogen and oxygen atoms in total. The van der Waals surface area contributed by atoms with E-state index >= 15 is 0 Å². The summed E-state index contributed by atoms with van der Waals surface area (Å²) >= 11 is 7.79. The fourth-order valence-electron chi connectivity index (χ4n) is 5.10. The van der Waals surface area contributed by atoms with E-state index in [2.05, 4.69) is 32.9 Å². The van der Waals surface area contributed by atoms with Crippen molar-refractivity contribution < 1.29 is 14.5 Å². The van der Waals surface area contributed by atoms with E-state index in [1.54, 1.807) is 11.8 Å². The minimum absolute atomic E-state index is 0.454. The predicted octanol–water partition coefficient (Wildman–Crippen LogP) is 11.7. The van der Waals surface area contributed by atoms with Gasteiger partial charge in [-0.3, -0.25) is 0 Å². The van der Waals surface area contributed by atoms with Gasteiger partial charge < -0.3 is 4.74 Å². The van der Waals surface area contributed by atoms with Gasteiger partial charge in [0.2, 0.25) is 5.79 Å². The van der Waals surface area contributed by atoms with Crippen molar-refractivity contribution >= 4 is 23.4 Å². The molecule has 2 rings (SSSR count). The van der Waals surface area contributed by atoms with Gasteiger partial charge in [0, 0.05) is 28.5 Å². The summed E-state index contributed by atoms with van der Waals surface area (Å²) in [4.78, 5) is 13.5. The molecule has 0 spiro atoms. The van der Waals surface area contributed by atoms with Gasteiger partial charge in [0.15, 0.2) is 0 Å². The Hall–Kier alpha value is -0.260. The van der Waals surface area contributed by atoms with Gasteiger partial charge in [0.1, 0.15) is 5.60 Å². The number of halogens is 1. The molecule has 1 unspecified atom stereocenters. The van der Waals surface area contributed by atoms with Crippen molar-refractivity contribution in [1.82, 2.24) is 0 Å². The van der Waals surface area contributed by atoms with Crippen LogP contribution < -0.4 is 0 Å². The second-order valence-electron chi connectivity index (χ2n) is 11.7. The Morgan fingerprint density at radius 3 is 1.53 bits per heavy atom. The van der Waals surface area contributed by atoms with Gasteiger partial charge in [-0.1, -0.05) is 128 Å². The van der Waals surface area contributed by atoms with Crippen molar-refractivity contribution in [1.29, 1.82) is 0 Å². The van der Waals surface area contributed by atoms with Crippen molar-refractivity contribution in [2.75, 3.05) is 12.4 Å². The zero-order valence-corrected chi connectivity index (χ0v) is 26.4. The van der Waals surface area contributed by atoms with E-state index in [-0.39, 0.29) is 0 Å². The quantitative estimate of drug-likeness (QED) is 0.0745. The van der Waals surface area contributed by atoms with Crippen LogP contribution in [0.5, 0.6) is 0 Å². The molecule has 0 saturated carbocycles. The number of rotatable bonds is 23. The van der Waals surface area contributed by atoms with E-state index < -0.39 is 11.4 Å². The summed E-state index contributed by atoms with van der Waals surface area (Å²) in [6, 6.07) is 7.97. The van der Waals surface area contributed by atoms with Gasteiger partial charge in [0.05, 0.1) is 6.61 Å². The molecular weight excluding hydrogens is 512 g/mol. The molecule has 0 aromatic heterocycles. The summed E-state index contributed by atoms with van der Waals surface area (Å²) < 4.78 is 6.55. The number of thioether (sulfide) groups is 1. The van der Waals surface area contributed by atoms with Crippen LogP contribution in [0.4, 0.5) is 0 Å². The molecule has 1 atom stereocenters. The maximum atomic E-state index is 6.55. The highest BCUT2D eigenvalue weighted by Gasteiger charge is 2.43. The van der Waals surface area contributed by atoms with Crippen LogP contribution in [0.25, 0.3) is 0 Å². The van der Waals surface area contributed by atoms with Crippen LogP contribution in [0.3, 0.4) is 0 Å². The molecule has 1 aromatic carbocycles. The summed E-state index contributed by atoms with van der Waals surface area (Å²) in [5.74, 6) is 0.202. The first-order valence-electron chi connectivity index (χ1n) is 15.9. The van der Waals surface area contributed by atoms with E-state index in [1.807, 2.05) is 12.1 Å². The third-order valence-corrected chi connectivity index (χ3v) is 9.33. The molecule has 1 heterocycles. The van der Waals surface area contributed by atoms with Crippen LogP contribution >= 0.6 is 23.4 Å². The van der Waals surface area contributed by atoms with Gasteiger partial charge >= 0.3 is 0 Å². The minimum Gasteiger partial charge on any atom is -0.344 e. The second-order valence-corrected chi connectivity index (χ2v) is 13.2. The normalized spacial score (nSPS) is 19.2. The zero-order valence-electron chi connectivity index (χ0n) is 24.9. The zero-order chi connectivity index (χ0) is 27.4. The first kappa shape index (κ1) is 33.9. The van der Waals surface area contributed by atoms with E-state index in [1.165, 1.54) is 108 Å². The summed E-state index contributed by atoms with van der Waals surface area (Å²) in [5, 5.41) is 0.763. The smallest absolute Gasteiger partial charge is 0.201 e. The molecule has 1 aromatic rings. The maximum absolute atomic E-state index is 6.55. The topological polar surface area (TPSA) is 27.7 Å². The highest BCUT2D eigenvalue weighted by Crippen LogP contribution is 2.38. The standard InChI is InChI=1S/C33H57ClO3S/c1-4-6-8-10-12-14-16-18-20-26-33(27-21-19-17-15-13-11-9-7-5-2)35-28-32(3,36-37-33)29-38-31-24-22-30(34)23-25-31/h22-25H,4-21,26-29H2,1-3H3. The van der Waals surface area contributed by atoms with Gasteiger partial charge in [-0.15, -0.1) is 11.8 Å². The van der Waals surface area contributed by atoms with E-state index in [4.69, 9.17) is 26.1 Å². The summed E-state index contributed by atoms with van der Waals surface area (Å²) in [7, 11) is 0. The molecule has 0 amide bonds. The van der Waals surface area contributed by atoms with Gasteiger partial charge in [-0.05, 0) is 44.0 Å². The molecule has 5 heteroatoms. The number of hydrogen-bond acceptors (Lipinski definition) is 4. The van der Waals surface area contributed by atoms with Crippen molar-refractivity contribution in [2.45, 2.75) is 165 Å². The molecular formula is C33H57ClO3S. The number of unbranched alkanes of at least 4 members (excludes halogenated alkanes) is 16. The Morgan fingerprint density at radius 1 is 0.658 bits per heavy atom. The molecule has 1 saturated heterocycles. The summed E-state index contributed by atoms with van der Waals surface area (Å²) in [6.07, 6.45) is 25.7. The lowest BCUT2D eigenvalue weighted by Crippen LogP contribution is -2.52. The molecule has 1 aliphatic heterocycles. The Bertz CT molecular complexity index is 664. The first-order valence-corrected chi connectivity index (χ1v) is 17.3. The third kappa shape index (κ3) is 14.9. The van der Waals surface area contributed by atoms with Crippen molar-refractivity contribution in [3.63, 3.8) is 0 Å². The van der Waals surface area contributed by atoms with E-state index in [0.29, 0.717) is 6.61 Å². The van der Waals surface area contributed by atoms with Crippen LogP contribution in [0.15, 0.2) is 29.2 Å². The Labute approximate surface area is 244 Å². The molecule has 1 fully saturated rings. The molecule has 220 valence electrons. The number of hydrogen-bond donors (Lipinski definition) is 0. The number of benzene rings is 1. The van der Waals surface area contributed by atoms with Crippen LogP contribution in [0.2, 0.25) is 5.02 Å².